The van der Waals surface area contributed by atoms with E-state index in [2.05, 4.69) is 22.4 Å². The van der Waals surface area contributed by atoms with Gasteiger partial charge in [-0.05, 0) is 31.0 Å². The highest BCUT2D eigenvalue weighted by Gasteiger charge is 2.32. The number of imidazole rings is 1. The predicted octanol–water partition coefficient (Wildman–Crippen LogP) is 3.34. The highest BCUT2D eigenvalue weighted by atomic mass is 16.5. The van der Waals surface area contributed by atoms with Crippen LogP contribution in [0.5, 0.6) is 11.5 Å². The molecule has 1 aromatic heterocycles. The average Bonchev–Trinajstić information content (AvgIpc) is 3.31. The second-order valence-corrected chi connectivity index (χ2v) is 7.90. The summed E-state index contributed by atoms with van der Waals surface area (Å²) in [7, 11) is 0. The number of benzene rings is 2. The molecule has 3 aromatic rings. The van der Waals surface area contributed by atoms with Gasteiger partial charge in [0, 0.05) is 37.5 Å². The van der Waals surface area contributed by atoms with Crippen molar-refractivity contribution in [3.63, 3.8) is 0 Å². The van der Waals surface area contributed by atoms with E-state index in [4.69, 9.17) is 9.47 Å². The average molecular weight is 391 g/mol. The number of aromatic nitrogens is 2. The number of nitrogens with one attached hydrogen (secondary N) is 1. The molecule has 0 atom stereocenters. The fraction of sp³-hybridized carbons (Fsp3) is 0.304. The summed E-state index contributed by atoms with van der Waals surface area (Å²) >= 11 is 0. The number of nitrogens with zero attached hydrogens (tertiary/aromatic N) is 2. The van der Waals surface area contributed by atoms with Crippen LogP contribution in [0, 0.1) is 0 Å². The van der Waals surface area contributed by atoms with Gasteiger partial charge in [-0.2, -0.15) is 0 Å². The first-order chi connectivity index (χ1) is 14.0. The van der Waals surface area contributed by atoms with Crippen LogP contribution in [-0.2, 0) is 24.3 Å². The van der Waals surface area contributed by atoms with E-state index in [1.807, 2.05) is 54.9 Å². The molecule has 150 valence electrons. The van der Waals surface area contributed by atoms with E-state index in [0.29, 0.717) is 12.3 Å². The zero-order valence-corrected chi connectivity index (χ0v) is 16.7. The molecule has 0 unspecified atom stereocenters. The van der Waals surface area contributed by atoms with Gasteiger partial charge in [0.2, 0.25) is 0 Å². The number of carbonyl (C=O) groups is 1. The first-order valence-corrected chi connectivity index (χ1v) is 9.72. The summed E-state index contributed by atoms with van der Waals surface area (Å²) in [4.78, 5) is 16.3. The van der Waals surface area contributed by atoms with Crippen molar-refractivity contribution in [3.8, 4) is 11.5 Å². The lowest BCUT2D eigenvalue weighted by molar-refractivity contribution is -0.123. The minimum atomic E-state index is -0.242. The molecule has 0 aliphatic carbocycles. The molecule has 29 heavy (non-hydrogen) atoms. The van der Waals surface area contributed by atoms with Crippen molar-refractivity contribution < 1.29 is 14.3 Å². The number of hydrogen-bond donors (Lipinski definition) is 1. The number of para-hydroxylation sites is 1. The smallest absolute Gasteiger partial charge is 0.258 e. The Labute approximate surface area is 170 Å². The van der Waals surface area contributed by atoms with Gasteiger partial charge in [-0.1, -0.05) is 36.4 Å². The SMILES string of the molecule is CC1(C)Cc2cccc(OCC(=O)NCc3ccc(Cn4ccnc4)cc3)c2O1. The molecule has 0 saturated heterocycles. The van der Waals surface area contributed by atoms with Crippen molar-refractivity contribution in [1.82, 2.24) is 14.9 Å². The van der Waals surface area contributed by atoms with Gasteiger partial charge >= 0.3 is 0 Å². The zero-order chi connectivity index (χ0) is 20.3. The quantitative estimate of drug-likeness (QED) is 0.671. The van der Waals surface area contributed by atoms with Crippen LogP contribution in [-0.4, -0.2) is 27.7 Å². The highest BCUT2D eigenvalue weighted by molar-refractivity contribution is 5.77. The molecule has 2 aromatic carbocycles. The van der Waals surface area contributed by atoms with Crippen LogP contribution >= 0.6 is 0 Å². The topological polar surface area (TPSA) is 65.4 Å². The molecule has 0 fully saturated rings. The van der Waals surface area contributed by atoms with E-state index in [-0.39, 0.29) is 18.1 Å². The van der Waals surface area contributed by atoms with Gasteiger partial charge in [-0.25, -0.2) is 4.98 Å². The van der Waals surface area contributed by atoms with E-state index < -0.39 is 0 Å². The zero-order valence-electron chi connectivity index (χ0n) is 16.7. The Balaban J connectivity index is 1.26. The van der Waals surface area contributed by atoms with Crippen LogP contribution < -0.4 is 14.8 Å². The third-order valence-electron chi connectivity index (χ3n) is 4.85. The Morgan fingerprint density at radius 1 is 1.21 bits per heavy atom. The van der Waals surface area contributed by atoms with E-state index in [9.17, 15) is 4.79 Å². The van der Waals surface area contributed by atoms with Crippen molar-refractivity contribution in [2.75, 3.05) is 6.61 Å². The molecule has 0 radical (unpaired) electrons. The van der Waals surface area contributed by atoms with E-state index >= 15 is 0 Å². The van der Waals surface area contributed by atoms with Gasteiger partial charge in [-0.3, -0.25) is 4.79 Å². The molecule has 1 N–H and O–H groups in total. The predicted molar refractivity (Wildman–Crippen MR) is 110 cm³/mol. The van der Waals surface area contributed by atoms with Gasteiger partial charge in [0.15, 0.2) is 18.1 Å². The van der Waals surface area contributed by atoms with Gasteiger partial charge in [0.1, 0.15) is 5.60 Å². The summed E-state index contributed by atoms with van der Waals surface area (Å²) in [6.45, 7) is 5.29. The van der Waals surface area contributed by atoms with Gasteiger partial charge in [0.05, 0.1) is 6.33 Å². The van der Waals surface area contributed by atoms with Gasteiger partial charge < -0.3 is 19.4 Å². The van der Waals surface area contributed by atoms with Crippen LogP contribution in [0.15, 0.2) is 61.2 Å². The second-order valence-electron chi connectivity index (χ2n) is 7.90. The maximum Gasteiger partial charge on any atom is 0.258 e. The lowest BCUT2D eigenvalue weighted by atomic mass is 10.0. The third-order valence-corrected chi connectivity index (χ3v) is 4.85. The van der Waals surface area contributed by atoms with Crippen LogP contribution in [0.1, 0.15) is 30.5 Å². The van der Waals surface area contributed by atoms with E-state index in [1.54, 1.807) is 12.5 Å². The van der Waals surface area contributed by atoms with Crippen LogP contribution in [0.4, 0.5) is 0 Å². The summed E-state index contributed by atoms with van der Waals surface area (Å²) in [5.74, 6) is 1.20. The highest BCUT2D eigenvalue weighted by Crippen LogP contribution is 2.41. The van der Waals surface area contributed by atoms with Crippen molar-refractivity contribution in [2.45, 2.75) is 39.0 Å². The first-order valence-electron chi connectivity index (χ1n) is 9.72. The minimum absolute atomic E-state index is 0.0427. The van der Waals surface area contributed by atoms with Crippen LogP contribution in [0.2, 0.25) is 0 Å². The van der Waals surface area contributed by atoms with Gasteiger partial charge in [-0.15, -0.1) is 0 Å². The molecule has 1 aliphatic rings. The standard InChI is InChI=1S/C23H25N3O3/c1-23(2)12-19-4-3-5-20(22(19)29-23)28-15-21(27)25-13-17-6-8-18(9-7-17)14-26-11-10-24-16-26/h3-11,16H,12-15H2,1-2H3,(H,25,27). The Kier molecular flexibility index (Phi) is 5.25. The number of hydrogen-bond acceptors (Lipinski definition) is 4. The summed E-state index contributed by atoms with van der Waals surface area (Å²) in [6.07, 6.45) is 6.33. The van der Waals surface area contributed by atoms with Crippen LogP contribution in [0.3, 0.4) is 0 Å². The summed E-state index contributed by atoms with van der Waals surface area (Å²) in [6, 6.07) is 14.0. The van der Waals surface area contributed by atoms with Crippen LogP contribution in [0.25, 0.3) is 0 Å². The molecule has 0 spiro atoms. The molecule has 1 amide bonds. The number of ether oxygens (including phenoxy) is 2. The Morgan fingerprint density at radius 3 is 2.76 bits per heavy atom. The Bertz CT molecular complexity index is 979. The maximum atomic E-state index is 12.2. The molecule has 6 nitrogen and oxygen atoms in total. The number of carbonyl (C=O) groups excluding carboxylic acids is 1. The lowest BCUT2D eigenvalue weighted by Crippen LogP contribution is -2.28. The third kappa shape index (κ3) is 4.77. The molecular formula is C23H25N3O3. The molecule has 6 heteroatoms. The van der Waals surface area contributed by atoms with E-state index in [1.165, 1.54) is 5.56 Å². The normalized spacial score (nSPS) is 14.1. The first kappa shape index (κ1) is 19.1. The minimum Gasteiger partial charge on any atom is -0.483 e. The number of rotatable bonds is 7. The maximum absolute atomic E-state index is 12.2. The van der Waals surface area contributed by atoms with Crippen molar-refractivity contribution in [2.24, 2.45) is 0 Å². The lowest BCUT2D eigenvalue weighted by Gasteiger charge is -2.18. The summed E-state index contributed by atoms with van der Waals surface area (Å²) in [5, 5.41) is 2.90. The largest absolute Gasteiger partial charge is 0.483 e. The van der Waals surface area contributed by atoms with Crippen molar-refractivity contribution in [1.29, 1.82) is 0 Å². The Morgan fingerprint density at radius 2 is 2.00 bits per heavy atom. The molecule has 4 rings (SSSR count). The molecule has 0 saturated carbocycles. The molecular weight excluding hydrogens is 366 g/mol. The monoisotopic (exact) mass is 391 g/mol. The summed E-state index contributed by atoms with van der Waals surface area (Å²) < 4.78 is 13.7. The molecule has 0 bridgehead atoms. The fourth-order valence-electron chi connectivity index (χ4n) is 3.45. The Hall–Kier alpha value is -3.28. The molecule has 2 heterocycles. The number of amides is 1. The number of fused-ring (bicyclic) bond motifs is 1. The second kappa shape index (κ2) is 7.99. The fourth-order valence-corrected chi connectivity index (χ4v) is 3.45. The summed E-state index contributed by atoms with van der Waals surface area (Å²) in [5.41, 5.74) is 3.10. The molecule has 1 aliphatic heterocycles. The van der Waals surface area contributed by atoms with E-state index in [0.717, 1.165) is 29.8 Å². The van der Waals surface area contributed by atoms with Crippen molar-refractivity contribution >= 4 is 5.91 Å². The van der Waals surface area contributed by atoms with Crippen molar-refractivity contribution in [3.05, 3.63) is 77.9 Å². The van der Waals surface area contributed by atoms with Gasteiger partial charge in [0.25, 0.3) is 5.91 Å².